The normalized spacial score (nSPS) is 23.8. The van der Waals surface area contributed by atoms with Gasteiger partial charge in [-0.3, -0.25) is 9.80 Å². The van der Waals surface area contributed by atoms with Gasteiger partial charge in [-0.05, 0) is 44.6 Å². The van der Waals surface area contributed by atoms with Crippen molar-refractivity contribution in [1.29, 1.82) is 5.26 Å². The molecule has 2 aliphatic heterocycles. The van der Waals surface area contributed by atoms with Crippen molar-refractivity contribution in [2.45, 2.75) is 31.8 Å². The van der Waals surface area contributed by atoms with Crippen LogP contribution in [0.1, 0.15) is 30.4 Å². The molecule has 5 nitrogen and oxygen atoms in total. The first-order chi connectivity index (χ1) is 12.2. The fraction of sp³-hybridized carbons (Fsp3) is 0.650. The van der Waals surface area contributed by atoms with Crippen molar-refractivity contribution < 1.29 is 4.74 Å². The lowest BCUT2D eigenvalue weighted by Gasteiger charge is -2.39. The van der Waals surface area contributed by atoms with Crippen LogP contribution in [0.2, 0.25) is 0 Å². The van der Waals surface area contributed by atoms with Gasteiger partial charge in [0, 0.05) is 50.9 Å². The zero-order valence-electron chi connectivity index (χ0n) is 15.6. The van der Waals surface area contributed by atoms with E-state index >= 15 is 0 Å². The van der Waals surface area contributed by atoms with Gasteiger partial charge in [0.1, 0.15) is 5.75 Å². The third-order valence-electron chi connectivity index (χ3n) is 5.59. The second-order valence-corrected chi connectivity index (χ2v) is 7.36. The predicted molar refractivity (Wildman–Crippen MR) is 99.7 cm³/mol. The van der Waals surface area contributed by atoms with Crippen molar-refractivity contribution in [3.63, 3.8) is 0 Å². The van der Waals surface area contributed by atoms with E-state index in [1.54, 1.807) is 7.11 Å². The van der Waals surface area contributed by atoms with Crippen LogP contribution in [0.4, 0.5) is 0 Å². The average molecular weight is 342 g/mol. The Bertz CT molecular complexity index is 604. The maximum Gasteiger partial charge on any atom is 0.123 e. The molecule has 1 aromatic rings. The summed E-state index contributed by atoms with van der Waals surface area (Å²) in [5.41, 5.74) is 1.84. The third-order valence-corrected chi connectivity index (χ3v) is 5.59. The molecule has 2 heterocycles. The third kappa shape index (κ3) is 4.72. The highest BCUT2D eigenvalue weighted by Gasteiger charge is 2.26. The number of nitriles is 1. The van der Waals surface area contributed by atoms with Crippen LogP contribution >= 0.6 is 0 Å². The number of nitrogens with zero attached hydrogens (tertiary/aromatic N) is 4. The van der Waals surface area contributed by atoms with Crippen LogP contribution in [0.3, 0.4) is 0 Å². The molecule has 0 N–H and O–H groups in total. The van der Waals surface area contributed by atoms with Crippen molar-refractivity contribution in [1.82, 2.24) is 14.7 Å². The molecule has 136 valence electrons. The first kappa shape index (κ1) is 18.2. The van der Waals surface area contributed by atoms with Gasteiger partial charge in [0.05, 0.1) is 18.7 Å². The maximum atomic E-state index is 9.20. The minimum atomic E-state index is 0.654. The van der Waals surface area contributed by atoms with Gasteiger partial charge >= 0.3 is 0 Å². The van der Waals surface area contributed by atoms with Gasteiger partial charge in [0.15, 0.2) is 0 Å². The number of likely N-dealkylation sites (N-methyl/N-ethyl adjacent to an activating group) is 1. The summed E-state index contributed by atoms with van der Waals surface area (Å²) < 4.78 is 5.52. The molecule has 2 saturated heterocycles. The summed E-state index contributed by atoms with van der Waals surface area (Å²) in [7, 11) is 3.92. The number of benzene rings is 1. The Balaban J connectivity index is 1.68. The lowest BCUT2D eigenvalue weighted by Crippen LogP contribution is -2.51. The van der Waals surface area contributed by atoms with E-state index in [4.69, 9.17) is 4.74 Å². The molecule has 0 radical (unpaired) electrons. The van der Waals surface area contributed by atoms with Crippen molar-refractivity contribution in [2.24, 2.45) is 0 Å². The molecule has 2 fully saturated rings. The summed E-state index contributed by atoms with van der Waals surface area (Å²) in [6.07, 6.45) is 3.86. The summed E-state index contributed by atoms with van der Waals surface area (Å²) >= 11 is 0. The van der Waals surface area contributed by atoms with Crippen molar-refractivity contribution in [3.05, 3.63) is 29.3 Å². The summed E-state index contributed by atoms with van der Waals surface area (Å²) in [6, 6.07) is 8.63. The van der Waals surface area contributed by atoms with Crippen LogP contribution in [0, 0.1) is 11.3 Å². The molecule has 0 unspecified atom stereocenters. The SMILES string of the molecule is COc1ccc(C#N)cc1CN1CCCC[C@@H](N2CCN(C)CC2)C1. The summed E-state index contributed by atoms with van der Waals surface area (Å²) in [5, 5.41) is 9.20. The fourth-order valence-electron chi connectivity index (χ4n) is 4.04. The fourth-order valence-corrected chi connectivity index (χ4v) is 4.04. The zero-order valence-corrected chi connectivity index (χ0v) is 15.6. The van der Waals surface area contributed by atoms with Crippen molar-refractivity contribution in [3.8, 4) is 11.8 Å². The van der Waals surface area contributed by atoms with Gasteiger partial charge < -0.3 is 9.64 Å². The summed E-state index contributed by atoms with van der Waals surface area (Å²) in [6.45, 7) is 7.82. The molecular weight excluding hydrogens is 312 g/mol. The van der Waals surface area contributed by atoms with E-state index in [1.165, 1.54) is 45.4 Å². The van der Waals surface area contributed by atoms with Crippen LogP contribution in [0.25, 0.3) is 0 Å². The highest BCUT2D eigenvalue weighted by atomic mass is 16.5. The first-order valence-electron chi connectivity index (χ1n) is 9.41. The molecule has 1 aromatic carbocycles. The molecular formula is C20H30N4O. The molecule has 0 spiro atoms. The number of hydrogen-bond acceptors (Lipinski definition) is 5. The van der Waals surface area contributed by atoms with Gasteiger partial charge in [-0.1, -0.05) is 6.42 Å². The highest BCUT2D eigenvalue weighted by Crippen LogP contribution is 2.24. The molecule has 0 aliphatic carbocycles. The largest absolute Gasteiger partial charge is 0.496 e. The van der Waals surface area contributed by atoms with Gasteiger partial charge in [-0.2, -0.15) is 5.26 Å². The Morgan fingerprint density at radius 1 is 1.16 bits per heavy atom. The lowest BCUT2D eigenvalue weighted by molar-refractivity contribution is 0.0872. The van der Waals surface area contributed by atoms with Gasteiger partial charge in [-0.25, -0.2) is 0 Å². The van der Waals surface area contributed by atoms with Crippen LogP contribution in [-0.4, -0.2) is 74.2 Å². The summed E-state index contributed by atoms with van der Waals surface area (Å²) in [5.74, 6) is 0.888. The predicted octanol–water partition coefficient (Wildman–Crippen LogP) is 2.17. The average Bonchev–Trinajstić information content (AvgIpc) is 2.88. The lowest BCUT2D eigenvalue weighted by atomic mass is 10.1. The number of piperazine rings is 1. The van der Waals surface area contributed by atoms with Gasteiger partial charge in [0.2, 0.25) is 0 Å². The van der Waals surface area contributed by atoms with Gasteiger partial charge in [-0.15, -0.1) is 0 Å². The number of hydrogen-bond donors (Lipinski definition) is 0. The van der Waals surface area contributed by atoms with Gasteiger partial charge in [0.25, 0.3) is 0 Å². The first-order valence-corrected chi connectivity index (χ1v) is 9.41. The Hall–Kier alpha value is -1.61. The van der Waals surface area contributed by atoms with Crippen LogP contribution in [0.5, 0.6) is 5.75 Å². The number of likely N-dealkylation sites (tertiary alicyclic amines) is 1. The summed E-state index contributed by atoms with van der Waals surface area (Å²) in [4.78, 5) is 7.65. The Morgan fingerprint density at radius 2 is 1.96 bits per heavy atom. The molecule has 0 bridgehead atoms. The molecule has 25 heavy (non-hydrogen) atoms. The minimum Gasteiger partial charge on any atom is -0.496 e. The standard InChI is InChI=1S/C20H30N4O/c1-22-9-11-24(12-10-22)19-5-3-4-8-23(16-19)15-18-13-17(14-21)6-7-20(18)25-2/h6-7,13,19H,3-5,8-12,15-16H2,1-2H3/t19-/m1/s1. The van der Waals surface area contributed by atoms with E-state index in [0.29, 0.717) is 11.6 Å². The van der Waals surface area contributed by atoms with Crippen LogP contribution in [-0.2, 0) is 6.54 Å². The van der Waals surface area contributed by atoms with E-state index in [1.807, 2.05) is 18.2 Å². The minimum absolute atomic E-state index is 0.654. The molecule has 2 aliphatic rings. The second kappa shape index (κ2) is 8.66. The molecule has 5 heteroatoms. The van der Waals surface area contributed by atoms with E-state index in [9.17, 15) is 5.26 Å². The molecule has 0 amide bonds. The number of ether oxygens (including phenoxy) is 1. The van der Waals surface area contributed by atoms with E-state index in [0.717, 1.165) is 30.9 Å². The topological polar surface area (TPSA) is 42.7 Å². The molecule has 0 saturated carbocycles. The van der Waals surface area contributed by atoms with Crippen LogP contribution in [0.15, 0.2) is 18.2 Å². The highest BCUT2D eigenvalue weighted by molar-refractivity contribution is 5.42. The monoisotopic (exact) mass is 342 g/mol. The number of methoxy groups -OCH3 is 1. The van der Waals surface area contributed by atoms with Crippen molar-refractivity contribution >= 4 is 0 Å². The Kier molecular flexibility index (Phi) is 6.30. The quantitative estimate of drug-likeness (QED) is 0.839. The zero-order chi connectivity index (χ0) is 17.6. The molecule has 1 atom stereocenters. The van der Waals surface area contributed by atoms with E-state index in [2.05, 4.69) is 27.8 Å². The van der Waals surface area contributed by atoms with Crippen molar-refractivity contribution in [2.75, 3.05) is 53.4 Å². The molecule has 0 aromatic heterocycles. The van der Waals surface area contributed by atoms with Crippen LogP contribution < -0.4 is 4.74 Å². The Morgan fingerprint density at radius 3 is 2.68 bits per heavy atom. The molecule has 3 rings (SSSR count). The Labute approximate surface area is 151 Å². The number of rotatable bonds is 4. The smallest absolute Gasteiger partial charge is 0.123 e. The second-order valence-electron chi connectivity index (χ2n) is 7.36. The van der Waals surface area contributed by atoms with E-state index in [-0.39, 0.29) is 0 Å². The maximum absolute atomic E-state index is 9.20. The van der Waals surface area contributed by atoms with E-state index < -0.39 is 0 Å².